The third kappa shape index (κ3) is 8.85. The van der Waals surface area contributed by atoms with Gasteiger partial charge < -0.3 is 10.2 Å². The molecule has 0 aliphatic heterocycles. The van der Waals surface area contributed by atoms with Crippen LogP contribution in [-0.4, -0.2) is 44.3 Å². The Morgan fingerprint density at radius 2 is 1.34 bits per heavy atom. The predicted molar refractivity (Wildman–Crippen MR) is 176 cm³/mol. The molecule has 0 aliphatic rings. The zero-order valence-corrected chi connectivity index (χ0v) is 26.7. The van der Waals surface area contributed by atoms with E-state index in [4.69, 9.17) is 23.2 Å². The molecular formula is C34H35Cl2N3O4S. The minimum Gasteiger partial charge on any atom is -0.354 e. The average Bonchev–Trinajstić information content (AvgIpc) is 3.03. The fourth-order valence-electron chi connectivity index (χ4n) is 4.70. The van der Waals surface area contributed by atoms with E-state index in [1.165, 1.54) is 17.0 Å². The Kier molecular flexibility index (Phi) is 11.8. The van der Waals surface area contributed by atoms with Gasteiger partial charge in [-0.25, -0.2) is 8.42 Å². The van der Waals surface area contributed by atoms with Crippen molar-refractivity contribution in [1.29, 1.82) is 0 Å². The zero-order chi connectivity index (χ0) is 31.5. The van der Waals surface area contributed by atoms with Gasteiger partial charge in [0, 0.05) is 29.6 Å². The number of sulfonamides is 1. The number of carbonyl (C=O) groups is 2. The molecule has 10 heteroatoms. The van der Waals surface area contributed by atoms with Gasteiger partial charge in [-0.2, -0.15) is 0 Å². The summed E-state index contributed by atoms with van der Waals surface area (Å²) in [6.45, 7) is 2.01. The summed E-state index contributed by atoms with van der Waals surface area (Å²) < 4.78 is 29.0. The highest BCUT2D eigenvalue weighted by Crippen LogP contribution is 2.26. The molecule has 4 aromatic rings. The maximum Gasteiger partial charge on any atom is 0.264 e. The Hall–Kier alpha value is -3.85. The fourth-order valence-corrected chi connectivity index (χ4v) is 6.39. The van der Waals surface area contributed by atoms with Gasteiger partial charge in [-0.1, -0.05) is 97.2 Å². The molecule has 0 aliphatic carbocycles. The predicted octanol–water partition coefficient (Wildman–Crippen LogP) is 6.75. The lowest BCUT2D eigenvalue weighted by Crippen LogP contribution is -2.53. The second-order valence-corrected chi connectivity index (χ2v) is 13.0. The van der Waals surface area contributed by atoms with Crippen molar-refractivity contribution in [3.05, 3.63) is 130 Å². The SMILES string of the molecule is CCCCNC(=O)[C@@H](Cc1ccccc1)N(Cc1ccc(Cl)cc1)C(=O)CN(c1ccc(Cl)cc1)S(=O)(=O)c1ccccc1. The third-order valence-corrected chi connectivity index (χ3v) is 9.38. The number of benzene rings is 4. The lowest BCUT2D eigenvalue weighted by molar-refractivity contribution is -0.140. The molecule has 4 aromatic carbocycles. The molecule has 0 fully saturated rings. The van der Waals surface area contributed by atoms with Crippen LogP contribution >= 0.6 is 23.2 Å². The van der Waals surface area contributed by atoms with E-state index in [2.05, 4.69) is 5.32 Å². The van der Waals surface area contributed by atoms with Crippen LogP contribution in [0.1, 0.15) is 30.9 Å². The van der Waals surface area contributed by atoms with Gasteiger partial charge in [-0.05, 0) is 66.1 Å². The minimum absolute atomic E-state index is 0.0325. The molecule has 230 valence electrons. The molecule has 2 amide bonds. The minimum atomic E-state index is -4.17. The van der Waals surface area contributed by atoms with Crippen LogP contribution in [0.2, 0.25) is 10.0 Å². The summed E-state index contributed by atoms with van der Waals surface area (Å²) in [6, 6.07) is 29.7. The Morgan fingerprint density at radius 3 is 1.93 bits per heavy atom. The molecule has 0 radical (unpaired) electrons. The first-order valence-electron chi connectivity index (χ1n) is 14.4. The highest BCUT2D eigenvalue weighted by Gasteiger charge is 2.34. The second kappa shape index (κ2) is 15.7. The smallest absolute Gasteiger partial charge is 0.264 e. The van der Waals surface area contributed by atoms with Crippen molar-refractivity contribution in [3.63, 3.8) is 0 Å². The van der Waals surface area contributed by atoms with E-state index in [9.17, 15) is 18.0 Å². The van der Waals surface area contributed by atoms with E-state index in [1.807, 2.05) is 37.3 Å². The molecule has 4 rings (SSSR count). The number of nitrogens with one attached hydrogen (secondary N) is 1. The van der Waals surface area contributed by atoms with Crippen LogP contribution in [0.15, 0.2) is 114 Å². The van der Waals surface area contributed by atoms with Gasteiger partial charge in [0.15, 0.2) is 0 Å². The van der Waals surface area contributed by atoms with Crippen molar-refractivity contribution >= 4 is 50.7 Å². The summed E-state index contributed by atoms with van der Waals surface area (Å²) in [6.07, 6.45) is 1.92. The van der Waals surface area contributed by atoms with Gasteiger partial charge in [-0.3, -0.25) is 13.9 Å². The quantitative estimate of drug-likeness (QED) is 0.153. The number of nitrogens with zero attached hydrogens (tertiary/aromatic N) is 2. The fraction of sp³-hybridized carbons (Fsp3) is 0.235. The average molecular weight is 653 g/mol. The zero-order valence-electron chi connectivity index (χ0n) is 24.4. The molecule has 0 spiro atoms. The van der Waals surface area contributed by atoms with E-state index in [-0.39, 0.29) is 29.5 Å². The Bertz CT molecular complexity index is 1620. The van der Waals surface area contributed by atoms with Gasteiger partial charge >= 0.3 is 0 Å². The monoisotopic (exact) mass is 651 g/mol. The molecule has 1 N–H and O–H groups in total. The summed E-state index contributed by atoms with van der Waals surface area (Å²) in [5.41, 5.74) is 1.87. The molecule has 0 heterocycles. The van der Waals surface area contributed by atoms with E-state index < -0.39 is 28.5 Å². The standard InChI is InChI=1S/C34H35Cl2N3O4S/c1-2-3-22-37-34(41)32(23-26-10-6-4-7-11-26)38(24-27-14-16-28(35)17-15-27)33(40)25-39(30-20-18-29(36)19-21-30)44(42,43)31-12-8-5-9-13-31/h4-21,32H,2-3,22-25H2,1H3,(H,37,41)/t32-/m1/s1. The molecule has 0 unspecified atom stereocenters. The first kappa shape index (κ1) is 33.1. The highest BCUT2D eigenvalue weighted by molar-refractivity contribution is 7.92. The van der Waals surface area contributed by atoms with Crippen molar-refractivity contribution in [2.75, 3.05) is 17.4 Å². The first-order chi connectivity index (χ1) is 21.2. The number of rotatable bonds is 14. The second-order valence-electron chi connectivity index (χ2n) is 10.3. The first-order valence-corrected chi connectivity index (χ1v) is 16.6. The number of amides is 2. The maximum atomic E-state index is 14.4. The number of carbonyl (C=O) groups excluding carboxylic acids is 2. The summed E-state index contributed by atoms with van der Waals surface area (Å²) in [7, 11) is -4.17. The lowest BCUT2D eigenvalue weighted by Gasteiger charge is -2.34. The van der Waals surface area contributed by atoms with Gasteiger partial charge in [0.05, 0.1) is 10.6 Å². The summed E-state index contributed by atoms with van der Waals surface area (Å²) in [4.78, 5) is 29.6. The molecule has 0 saturated heterocycles. The number of anilines is 1. The highest BCUT2D eigenvalue weighted by atomic mass is 35.5. The molecule has 0 bridgehead atoms. The van der Waals surface area contributed by atoms with Crippen molar-refractivity contribution in [3.8, 4) is 0 Å². The summed E-state index contributed by atoms with van der Waals surface area (Å²) in [5.74, 6) is -0.852. The largest absolute Gasteiger partial charge is 0.354 e. The topological polar surface area (TPSA) is 86.8 Å². The Labute approximate surface area is 269 Å². The van der Waals surface area contributed by atoms with Crippen LogP contribution in [0.4, 0.5) is 5.69 Å². The third-order valence-electron chi connectivity index (χ3n) is 7.09. The maximum absolute atomic E-state index is 14.4. The molecule has 7 nitrogen and oxygen atoms in total. The van der Waals surface area contributed by atoms with Crippen LogP contribution in [0.25, 0.3) is 0 Å². The van der Waals surface area contributed by atoms with Crippen LogP contribution in [-0.2, 0) is 32.6 Å². The van der Waals surface area contributed by atoms with Crippen molar-refractivity contribution in [2.24, 2.45) is 0 Å². The van der Waals surface area contributed by atoms with E-state index in [1.54, 1.807) is 66.7 Å². The van der Waals surface area contributed by atoms with E-state index >= 15 is 0 Å². The number of hydrogen-bond acceptors (Lipinski definition) is 4. The molecule has 1 atom stereocenters. The number of halogens is 2. The van der Waals surface area contributed by atoms with Crippen molar-refractivity contribution in [2.45, 2.75) is 43.7 Å². The van der Waals surface area contributed by atoms with E-state index in [0.717, 1.165) is 28.3 Å². The van der Waals surface area contributed by atoms with Crippen LogP contribution in [0.3, 0.4) is 0 Å². The van der Waals surface area contributed by atoms with Gasteiger partial charge in [0.2, 0.25) is 11.8 Å². The van der Waals surface area contributed by atoms with Crippen LogP contribution in [0.5, 0.6) is 0 Å². The van der Waals surface area contributed by atoms with Gasteiger partial charge in [-0.15, -0.1) is 0 Å². The number of hydrogen-bond donors (Lipinski definition) is 1. The van der Waals surface area contributed by atoms with Crippen LogP contribution < -0.4 is 9.62 Å². The Balaban J connectivity index is 1.77. The molecule has 44 heavy (non-hydrogen) atoms. The summed E-state index contributed by atoms with van der Waals surface area (Å²) in [5, 5.41) is 3.94. The molecule has 0 aromatic heterocycles. The Morgan fingerprint density at radius 1 is 0.773 bits per heavy atom. The van der Waals surface area contributed by atoms with Crippen molar-refractivity contribution in [1.82, 2.24) is 10.2 Å². The normalized spacial score (nSPS) is 11.9. The summed E-state index contributed by atoms with van der Waals surface area (Å²) >= 11 is 12.2. The lowest BCUT2D eigenvalue weighted by atomic mass is 10.0. The van der Waals surface area contributed by atoms with Crippen LogP contribution in [0, 0.1) is 0 Å². The van der Waals surface area contributed by atoms with Gasteiger partial charge in [0.25, 0.3) is 10.0 Å². The van der Waals surface area contributed by atoms with E-state index in [0.29, 0.717) is 16.6 Å². The van der Waals surface area contributed by atoms with Gasteiger partial charge in [0.1, 0.15) is 12.6 Å². The molecular weight excluding hydrogens is 617 g/mol. The number of unbranched alkanes of at least 4 members (excludes halogenated alkanes) is 1. The van der Waals surface area contributed by atoms with Crippen molar-refractivity contribution < 1.29 is 18.0 Å². The molecule has 0 saturated carbocycles.